The second-order valence-electron chi connectivity index (χ2n) is 5.16. The molecule has 1 heterocycles. The van der Waals surface area contributed by atoms with E-state index in [1.165, 1.54) is 40.9 Å². The van der Waals surface area contributed by atoms with Crippen LogP contribution in [0.5, 0.6) is 0 Å². The molecule has 0 aliphatic heterocycles. The van der Waals surface area contributed by atoms with E-state index in [9.17, 15) is 20.2 Å². The number of hydrogen-bond donors (Lipinski definition) is 0. The maximum absolute atomic E-state index is 12.3. The number of amides is 1. The van der Waals surface area contributed by atoms with Crippen molar-refractivity contribution in [2.24, 2.45) is 0 Å². The topological polar surface area (TPSA) is 113 Å². The van der Waals surface area contributed by atoms with E-state index in [1.54, 1.807) is 20.9 Å². The van der Waals surface area contributed by atoms with Gasteiger partial charge in [0.1, 0.15) is 22.5 Å². The van der Waals surface area contributed by atoms with Crippen LogP contribution in [0.3, 0.4) is 0 Å². The highest BCUT2D eigenvalue weighted by molar-refractivity contribution is 8.00. The summed E-state index contributed by atoms with van der Waals surface area (Å²) in [6, 6.07) is 7.78. The molecule has 0 saturated carbocycles. The average molecular weight is 357 g/mol. The lowest BCUT2D eigenvalue weighted by molar-refractivity contribution is -0.384. The zero-order valence-corrected chi connectivity index (χ0v) is 14.7. The van der Waals surface area contributed by atoms with E-state index in [-0.39, 0.29) is 17.3 Å². The molecule has 9 heteroatoms. The highest BCUT2D eigenvalue weighted by Crippen LogP contribution is 2.24. The zero-order valence-electron chi connectivity index (χ0n) is 13.9. The Balaban J connectivity index is 2.10. The largest absolute Gasteiger partial charge is 0.315 e. The van der Waals surface area contributed by atoms with E-state index < -0.39 is 4.92 Å². The molecule has 0 bridgehead atoms. The summed E-state index contributed by atoms with van der Waals surface area (Å²) in [6.45, 7) is 3.45. The molecule has 1 aromatic carbocycles. The van der Waals surface area contributed by atoms with Crippen molar-refractivity contribution in [2.45, 2.75) is 18.9 Å². The molecular weight excluding hydrogens is 342 g/mol. The van der Waals surface area contributed by atoms with Crippen LogP contribution in [0, 0.1) is 35.3 Å². The Bertz CT molecular complexity index is 861. The van der Waals surface area contributed by atoms with Crippen LogP contribution in [0.15, 0.2) is 29.3 Å². The molecule has 0 aliphatic carbocycles. The van der Waals surface area contributed by atoms with E-state index in [0.717, 1.165) is 0 Å². The summed E-state index contributed by atoms with van der Waals surface area (Å²) < 4.78 is 0. The predicted molar refractivity (Wildman–Crippen MR) is 93.5 cm³/mol. The predicted octanol–water partition coefficient (Wildman–Crippen LogP) is 2.63. The molecule has 0 N–H and O–H groups in total. The Hall–Kier alpha value is -2.99. The van der Waals surface area contributed by atoms with E-state index in [2.05, 4.69) is 16.0 Å². The maximum atomic E-state index is 12.3. The Kier molecular flexibility index (Phi) is 5.67. The minimum atomic E-state index is -0.495. The third-order valence-corrected chi connectivity index (χ3v) is 4.39. The quantitative estimate of drug-likeness (QED) is 0.350. The second-order valence-corrected chi connectivity index (χ2v) is 6.13. The average Bonchev–Trinajstić information content (AvgIpc) is 2.58. The first-order valence-electron chi connectivity index (χ1n) is 7.22. The van der Waals surface area contributed by atoms with E-state index in [0.29, 0.717) is 27.8 Å². The van der Waals surface area contributed by atoms with Crippen molar-refractivity contribution in [3.63, 3.8) is 0 Å². The van der Waals surface area contributed by atoms with Crippen LogP contribution in [-0.4, -0.2) is 33.6 Å². The van der Waals surface area contributed by atoms with Gasteiger partial charge in [0.15, 0.2) is 0 Å². The molecule has 0 spiro atoms. The fourth-order valence-electron chi connectivity index (χ4n) is 2.08. The molecule has 0 radical (unpaired) electrons. The van der Waals surface area contributed by atoms with Crippen molar-refractivity contribution in [3.8, 4) is 6.07 Å². The maximum Gasteiger partial charge on any atom is 0.269 e. The fraction of sp³-hybridized carbons (Fsp3) is 0.250. The second kappa shape index (κ2) is 7.72. The number of hydrogen-bond acceptors (Lipinski definition) is 7. The van der Waals surface area contributed by atoms with Gasteiger partial charge in [0.05, 0.1) is 16.4 Å². The molecular formula is C16H15N5O3S. The van der Waals surface area contributed by atoms with Gasteiger partial charge in [-0.3, -0.25) is 14.9 Å². The van der Waals surface area contributed by atoms with Crippen LogP contribution in [-0.2, 0) is 4.79 Å². The Morgan fingerprint density at radius 2 is 1.96 bits per heavy atom. The zero-order chi connectivity index (χ0) is 18.6. The van der Waals surface area contributed by atoms with Crippen molar-refractivity contribution in [1.29, 1.82) is 5.26 Å². The van der Waals surface area contributed by atoms with Crippen molar-refractivity contribution in [2.75, 3.05) is 17.7 Å². The molecule has 128 valence electrons. The number of non-ortho nitro benzene ring substituents is 1. The third-order valence-electron chi connectivity index (χ3n) is 3.43. The van der Waals surface area contributed by atoms with Crippen LogP contribution in [0.1, 0.15) is 17.1 Å². The van der Waals surface area contributed by atoms with E-state index in [4.69, 9.17) is 0 Å². The number of nitriles is 1. The van der Waals surface area contributed by atoms with Gasteiger partial charge in [-0.15, -0.1) is 0 Å². The number of benzene rings is 1. The van der Waals surface area contributed by atoms with Gasteiger partial charge in [0.2, 0.25) is 5.91 Å². The summed E-state index contributed by atoms with van der Waals surface area (Å²) in [5.74, 6) is 0.407. The smallest absolute Gasteiger partial charge is 0.269 e. The number of nitrogens with zero attached hydrogens (tertiary/aromatic N) is 5. The van der Waals surface area contributed by atoms with Gasteiger partial charge in [0.25, 0.3) is 5.69 Å². The molecule has 0 saturated heterocycles. The van der Waals surface area contributed by atoms with Crippen LogP contribution in [0.25, 0.3) is 0 Å². The Morgan fingerprint density at radius 3 is 2.52 bits per heavy atom. The molecule has 25 heavy (non-hydrogen) atoms. The number of rotatable bonds is 5. The monoisotopic (exact) mass is 357 g/mol. The van der Waals surface area contributed by atoms with Gasteiger partial charge in [-0.2, -0.15) is 5.26 Å². The van der Waals surface area contributed by atoms with Crippen LogP contribution >= 0.6 is 11.8 Å². The Labute approximate surface area is 148 Å². The molecule has 1 aromatic heterocycles. The minimum Gasteiger partial charge on any atom is -0.315 e. The highest BCUT2D eigenvalue weighted by Gasteiger charge is 2.16. The number of anilines is 1. The summed E-state index contributed by atoms with van der Waals surface area (Å²) in [6.07, 6.45) is 0. The first-order chi connectivity index (χ1) is 11.8. The lowest BCUT2D eigenvalue weighted by Crippen LogP contribution is -2.28. The van der Waals surface area contributed by atoms with E-state index >= 15 is 0 Å². The molecule has 0 unspecified atom stereocenters. The number of nitro groups is 1. The van der Waals surface area contributed by atoms with Crippen LogP contribution < -0.4 is 4.90 Å². The summed E-state index contributed by atoms with van der Waals surface area (Å²) in [5, 5.41) is 20.4. The standard InChI is InChI=1S/C16H15N5O3S/c1-10-14(8-17)16(19-11(2)18-10)25-9-15(22)20(3)12-4-6-13(7-5-12)21(23)24/h4-7H,9H2,1-3H3. The van der Waals surface area contributed by atoms with Crippen molar-refractivity contribution >= 4 is 29.0 Å². The summed E-state index contributed by atoms with van der Waals surface area (Å²) in [7, 11) is 1.59. The van der Waals surface area contributed by atoms with Crippen LogP contribution in [0.4, 0.5) is 11.4 Å². The first-order valence-corrected chi connectivity index (χ1v) is 8.21. The van der Waals surface area contributed by atoms with Gasteiger partial charge in [-0.25, -0.2) is 9.97 Å². The molecule has 2 rings (SSSR count). The van der Waals surface area contributed by atoms with Gasteiger partial charge >= 0.3 is 0 Å². The molecule has 2 aromatic rings. The third kappa shape index (κ3) is 4.30. The van der Waals surface area contributed by atoms with Gasteiger partial charge < -0.3 is 4.90 Å². The molecule has 0 aliphatic rings. The van der Waals surface area contributed by atoms with E-state index in [1.807, 2.05) is 0 Å². The van der Waals surface area contributed by atoms with Crippen molar-refractivity contribution in [1.82, 2.24) is 9.97 Å². The van der Waals surface area contributed by atoms with Gasteiger partial charge in [0, 0.05) is 24.9 Å². The number of carbonyl (C=O) groups excluding carboxylic acids is 1. The lowest BCUT2D eigenvalue weighted by Gasteiger charge is -2.17. The summed E-state index contributed by atoms with van der Waals surface area (Å²) in [4.78, 5) is 32.3. The fourth-order valence-corrected chi connectivity index (χ4v) is 3.07. The molecule has 1 amide bonds. The normalized spacial score (nSPS) is 10.2. The number of aromatic nitrogens is 2. The van der Waals surface area contributed by atoms with Gasteiger partial charge in [-0.05, 0) is 26.0 Å². The minimum absolute atomic E-state index is 0.0374. The number of aryl methyl sites for hydroxylation is 2. The summed E-state index contributed by atoms with van der Waals surface area (Å²) in [5.41, 5.74) is 1.45. The summed E-state index contributed by atoms with van der Waals surface area (Å²) >= 11 is 1.17. The SMILES string of the molecule is Cc1nc(C)c(C#N)c(SCC(=O)N(C)c2ccc([N+](=O)[O-])cc2)n1. The number of thioether (sulfide) groups is 1. The highest BCUT2D eigenvalue weighted by atomic mass is 32.2. The van der Waals surface area contributed by atoms with Crippen molar-refractivity contribution < 1.29 is 9.72 Å². The van der Waals surface area contributed by atoms with Gasteiger partial charge in [-0.1, -0.05) is 11.8 Å². The molecule has 0 fully saturated rings. The van der Waals surface area contributed by atoms with Crippen LogP contribution in [0.2, 0.25) is 0 Å². The van der Waals surface area contributed by atoms with Crippen molar-refractivity contribution in [3.05, 3.63) is 51.5 Å². The number of nitro benzene ring substituents is 1. The Morgan fingerprint density at radius 1 is 1.32 bits per heavy atom. The molecule has 0 atom stereocenters. The lowest BCUT2D eigenvalue weighted by atomic mass is 10.2. The number of carbonyl (C=O) groups is 1. The molecule has 8 nitrogen and oxygen atoms in total. The first kappa shape index (κ1) is 18.4.